The number of hydrogen-bond donors (Lipinski definition) is 2. The largest absolute Gasteiger partial charge is 0.387 e. The number of benzene rings is 2. The standard InChI is InChI=1S/C28H34F2N4O3/c1-28(2,3)27(33(25(37)18-36)13-12-22(17-35)31-4)26-20(14-19-8-6-5-7-9-19)16-34(32-26)24-15-21(29)10-11-23(24)30/h5-11,15-17,22,27,31,36H,12-14,18H2,1-4H3. The highest BCUT2D eigenvalue weighted by molar-refractivity contribution is 5.78. The number of halogens is 2. The summed E-state index contributed by atoms with van der Waals surface area (Å²) >= 11 is 0. The second-order valence-electron chi connectivity index (χ2n) is 10.1. The lowest BCUT2D eigenvalue weighted by Gasteiger charge is -2.40. The van der Waals surface area contributed by atoms with E-state index in [9.17, 15) is 23.5 Å². The first kappa shape index (κ1) is 28.1. The van der Waals surface area contributed by atoms with Crippen molar-refractivity contribution in [2.75, 3.05) is 20.2 Å². The molecule has 0 aliphatic heterocycles. The highest BCUT2D eigenvalue weighted by Crippen LogP contribution is 2.40. The van der Waals surface area contributed by atoms with Gasteiger partial charge in [0, 0.05) is 30.8 Å². The Morgan fingerprint density at radius 1 is 1.19 bits per heavy atom. The molecule has 3 aromatic rings. The lowest BCUT2D eigenvalue weighted by Crippen LogP contribution is -2.45. The van der Waals surface area contributed by atoms with Crippen LogP contribution in [0, 0.1) is 17.0 Å². The molecule has 2 N–H and O–H groups in total. The molecular weight excluding hydrogens is 478 g/mol. The number of carbonyl (C=O) groups is 2. The molecule has 2 atom stereocenters. The second kappa shape index (κ2) is 12.2. The highest BCUT2D eigenvalue weighted by atomic mass is 19.1. The van der Waals surface area contributed by atoms with Crippen LogP contribution in [-0.4, -0.2) is 58.2 Å². The SMILES string of the molecule is CNC(C=O)CCN(C(=O)CO)C(c1nn(-c2cc(F)ccc2F)cc1Cc1ccccc1)C(C)(C)C. The van der Waals surface area contributed by atoms with Gasteiger partial charge in [-0.25, -0.2) is 13.5 Å². The molecule has 198 valence electrons. The van der Waals surface area contributed by atoms with E-state index in [0.29, 0.717) is 18.5 Å². The van der Waals surface area contributed by atoms with Gasteiger partial charge in [-0.1, -0.05) is 51.1 Å². The van der Waals surface area contributed by atoms with Crippen molar-refractivity contribution in [1.82, 2.24) is 20.0 Å². The summed E-state index contributed by atoms with van der Waals surface area (Å²) in [4.78, 5) is 26.0. The van der Waals surface area contributed by atoms with Crippen molar-refractivity contribution in [3.63, 3.8) is 0 Å². The summed E-state index contributed by atoms with van der Waals surface area (Å²) in [6, 6.07) is 11.7. The van der Waals surface area contributed by atoms with Gasteiger partial charge in [-0.15, -0.1) is 0 Å². The van der Waals surface area contributed by atoms with Gasteiger partial charge in [0.2, 0.25) is 5.91 Å². The van der Waals surface area contributed by atoms with Crippen LogP contribution < -0.4 is 5.32 Å². The van der Waals surface area contributed by atoms with E-state index in [1.54, 1.807) is 13.2 Å². The molecule has 0 spiro atoms. The van der Waals surface area contributed by atoms with E-state index in [1.807, 2.05) is 51.1 Å². The van der Waals surface area contributed by atoms with Crippen molar-refractivity contribution >= 4 is 12.2 Å². The maximum atomic E-state index is 14.7. The third-order valence-electron chi connectivity index (χ3n) is 6.28. The quantitative estimate of drug-likeness (QED) is 0.382. The Kier molecular flexibility index (Phi) is 9.29. The van der Waals surface area contributed by atoms with Gasteiger partial charge in [-0.2, -0.15) is 5.10 Å². The normalized spacial score (nSPS) is 13.3. The minimum Gasteiger partial charge on any atom is -0.387 e. The predicted octanol–water partition coefficient (Wildman–Crippen LogP) is 3.83. The van der Waals surface area contributed by atoms with Crippen LogP contribution in [0.15, 0.2) is 54.7 Å². The number of aliphatic hydroxyl groups excluding tert-OH is 1. The fourth-order valence-corrected chi connectivity index (χ4v) is 4.46. The Bertz CT molecular complexity index is 1210. The number of aliphatic hydroxyl groups is 1. The van der Waals surface area contributed by atoms with E-state index in [4.69, 9.17) is 5.10 Å². The topological polar surface area (TPSA) is 87.5 Å². The monoisotopic (exact) mass is 512 g/mol. The maximum absolute atomic E-state index is 14.7. The van der Waals surface area contributed by atoms with Crippen molar-refractivity contribution in [2.45, 2.75) is 45.7 Å². The van der Waals surface area contributed by atoms with Crippen LogP contribution in [-0.2, 0) is 16.0 Å². The minimum atomic E-state index is -0.717. The number of nitrogens with zero attached hydrogens (tertiary/aromatic N) is 3. The molecule has 0 radical (unpaired) electrons. The average molecular weight is 513 g/mol. The van der Waals surface area contributed by atoms with E-state index >= 15 is 0 Å². The van der Waals surface area contributed by atoms with Crippen LogP contribution in [0.5, 0.6) is 0 Å². The molecule has 2 aromatic carbocycles. The third-order valence-corrected chi connectivity index (χ3v) is 6.28. The molecule has 0 aliphatic rings. The minimum absolute atomic E-state index is 0.0514. The molecule has 0 aliphatic carbocycles. The van der Waals surface area contributed by atoms with Crippen molar-refractivity contribution in [3.05, 3.63) is 83.2 Å². The summed E-state index contributed by atoms with van der Waals surface area (Å²) in [6.45, 7) is 5.29. The van der Waals surface area contributed by atoms with Crippen LogP contribution in [0.2, 0.25) is 0 Å². The second-order valence-corrected chi connectivity index (χ2v) is 10.1. The number of carbonyl (C=O) groups excluding carboxylic acids is 2. The number of amides is 1. The van der Waals surface area contributed by atoms with Crippen molar-refractivity contribution in [2.24, 2.45) is 5.41 Å². The third kappa shape index (κ3) is 6.87. The summed E-state index contributed by atoms with van der Waals surface area (Å²) in [5.74, 6) is -1.76. The summed E-state index contributed by atoms with van der Waals surface area (Å²) in [5, 5.41) is 17.4. The number of nitrogens with one attached hydrogen (secondary N) is 1. The van der Waals surface area contributed by atoms with Crippen LogP contribution in [0.3, 0.4) is 0 Å². The molecule has 3 rings (SSSR count). The zero-order chi connectivity index (χ0) is 27.2. The molecule has 1 amide bonds. The smallest absolute Gasteiger partial charge is 0.248 e. The van der Waals surface area contributed by atoms with Crippen LogP contribution in [0.25, 0.3) is 5.69 Å². The number of hydrogen-bond acceptors (Lipinski definition) is 5. The zero-order valence-corrected chi connectivity index (χ0v) is 21.6. The fraction of sp³-hybridized carbons (Fsp3) is 0.393. The van der Waals surface area contributed by atoms with Gasteiger partial charge >= 0.3 is 0 Å². The molecule has 9 heteroatoms. The van der Waals surface area contributed by atoms with Gasteiger partial charge in [0.1, 0.15) is 30.2 Å². The first-order valence-corrected chi connectivity index (χ1v) is 12.2. The molecule has 0 bridgehead atoms. The molecule has 1 aromatic heterocycles. The molecule has 7 nitrogen and oxygen atoms in total. The van der Waals surface area contributed by atoms with E-state index in [2.05, 4.69) is 5.32 Å². The lowest BCUT2D eigenvalue weighted by atomic mass is 9.81. The van der Waals surface area contributed by atoms with E-state index in [-0.39, 0.29) is 12.2 Å². The average Bonchev–Trinajstić information content (AvgIpc) is 3.27. The zero-order valence-electron chi connectivity index (χ0n) is 21.6. The van der Waals surface area contributed by atoms with Gasteiger partial charge < -0.3 is 20.1 Å². The first-order valence-electron chi connectivity index (χ1n) is 12.2. The maximum Gasteiger partial charge on any atom is 0.248 e. The molecule has 0 saturated carbocycles. The molecule has 1 heterocycles. The van der Waals surface area contributed by atoms with Gasteiger partial charge in [0.05, 0.1) is 17.8 Å². The fourth-order valence-electron chi connectivity index (χ4n) is 4.46. The Morgan fingerprint density at radius 2 is 1.89 bits per heavy atom. The van der Waals surface area contributed by atoms with Crippen LogP contribution in [0.1, 0.15) is 50.1 Å². The molecule has 37 heavy (non-hydrogen) atoms. The Labute approximate surface area is 216 Å². The number of likely N-dealkylation sites (N-methyl/N-ethyl adjacent to an activating group) is 1. The summed E-state index contributed by atoms with van der Waals surface area (Å²) < 4.78 is 30.1. The first-order chi connectivity index (χ1) is 17.6. The molecule has 0 fully saturated rings. The summed E-state index contributed by atoms with van der Waals surface area (Å²) in [6.07, 6.45) is 3.19. The highest BCUT2D eigenvalue weighted by Gasteiger charge is 2.38. The molecular formula is C28H34F2N4O3. The van der Waals surface area contributed by atoms with Gasteiger partial charge in [0.15, 0.2) is 0 Å². The van der Waals surface area contributed by atoms with Crippen LogP contribution in [0.4, 0.5) is 8.78 Å². The van der Waals surface area contributed by atoms with Gasteiger partial charge in [-0.3, -0.25) is 4.79 Å². The summed E-state index contributed by atoms with van der Waals surface area (Å²) in [7, 11) is 1.66. The van der Waals surface area contributed by atoms with Gasteiger partial charge in [-0.05, 0) is 36.6 Å². The van der Waals surface area contributed by atoms with E-state index in [0.717, 1.165) is 35.6 Å². The summed E-state index contributed by atoms with van der Waals surface area (Å²) in [5.41, 5.74) is 1.60. The number of aldehydes is 1. The molecule has 2 unspecified atom stereocenters. The Balaban J connectivity index is 2.18. The van der Waals surface area contributed by atoms with E-state index < -0.39 is 41.6 Å². The number of aromatic nitrogens is 2. The Morgan fingerprint density at radius 3 is 2.49 bits per heavy atom. The Hall–Kier alpha value is -3.43. The van der Waals surface area contributed by atoms with E-state index in [1.165, 1.54) is 9.58 Å². The predicted molar refractivity (Wildman–Crippen MR) is 137 cm³/mol. The van der Waals surface area contributed by atoms with Crippen molar-refractivity contribution < 1.29 is 23.5 Å². The van der Waals surface area contributed by atoms with Crippen molar-refractivity contribution in [1.29, 1.82) is 0 Å². The lowest BCUT2D eigenvalue weighted by molar-refractivity contribution is -0.139. The van der Waals surface area contributed by atoms with Crippen LogP contribution >= 0.6 is 0 Å². The van der Waals surface area contributed by atoms with Gasteiger partial charge in [0.25, 0.3) is 0 Å². The number of rotatable bonds is 11. The van der Waals surface area contributed by atoms with Crippen molar-refractivity contribution in [3.8, 4) is 5.69 Å². The molecule has 0 saturated heterocycles.